The molecule has 7 heteroatoms. The van der Waals surface area contributed by atoms with Crippen molar-refractivity contribution in [1.29, 1.82) is 0 Å². The molecular weight excluding hydrogens is 461 g/mol. The Morgan fingerprint density at radius 2 is 2.04 bits per heavy atom. The quantitative estimate of drug-likeness (QED) is 0.392. The van der Waals surface area contributed by atoms with Gasteiger partial charge in [0, 0.05) is 44.0 Å². The monoisotopic (exact) mass is 489 g/mol. The van der Waals surface area contributed by atoms with Gasteiger partial charge in [0.15, 0.2) is 5.96 Å². The van der Waals surface area contributed by atoms with Crippen LogP contribution in [0, 0.1) is 0 Å². The molecule has 1 aromatic heterocycles. The second-order valence-corrected chi connectivity index (χ2v) is 7.78. The van der Waals surface area contributed by atoms with E-state index < -0.39 is 0 Å². The van der Waals surface area contributed by atoms with Crippen LogP contribution in [-0.2, 0) is 11.3 Å². The average molecular weight is 489 g/mol. The van der Waals surface area contributed by atoms with Crippen LogP contribution >= 0.6 is 35.7 Å². The summed E-state index contributed by atoms with van der Waals surface area (Å²) in [6.45, 7) is 3.27. The molecule has 5 nitrogen and oxygen atoms in total. The zero-order valence-corrected chi connectivity index (χ0v) is 18.8. The highest BCUT2D eigenvalue weighted by molar-refractivity contribution is 14.0. The second kappa shape index (κ2) is 9.85. The molecule has 1 aliphatic rings. The molecule has 0 atom stereocenters. The summed E-state index contributed by atoms with van der Waals surface area (Å²) in [5, 5.41) is 4.68. The molecule has 1 saturated heterocycles. The molecule has 0 unspecified atom stereocenters. The summed E-state index contributed by atoms with van der Waals surface area (Å²) in [5.74, 6) is 1.83. The molecule has 0 aliphatic carbocycles. The first-order valence-electron chi connectivity index (χ1n) is 8.68. The number of guanidine groups is 1. The number of thioether (sulfide) groups is 1. The Kier molecular flexibility index (Phi) is 8.09. The number of fused-ring (bicyclic) bond motifs is 1. The molecule has 0 amide bonds. The lowest BCUT2D eigenvalue weighted by Crippen LogP contribution is -2.48. The fourth-order valence-electron chi connectivity index (χ4n) is 3.24. The van der Waals surface area contributed by atoms with Crippen LogP contribution in [0.2, 0.25) is 0 Å². The van der Waals surface area contributed by atoms with E-state index in [-0.39, 0.29) is 28.7 Å². The molecule has 0 radical (unpaired) electrons. The minimum atomic E-state index is 0. The maximum Gasteiger partial charge on any atom is 0.193 e. The SMILES string of the molecule is CN=C(NCC1(SC)CCOCC1)N(C)Cc1cc2ccccc2o1.I. The normalized spacial score (nSPS) is 17.0. The zero-order valence-electron chi connectivity index (χ0n) is 15.7. The zero-order chi connectivity index (χ0) is 17.7. The van der Waals surface area contributed by atoms with Crippen molar-refractivity contribution in [3.8, 4) is 0 Å². The number of nitrogens with zero attached hydrogens (tertiary/aromatic N) is 2. The van der Waals surface area contributed by atoms with Gasteiger partial charge in [-0.2, -0.15) is 11.8 Å². The molecule has 26 heavy (non-hydrogen) atoms. The van der Waals surface area contributed by atoms with Gasteiger partial charge in [0.05, 0.1) is 6.54 Å². The van der Waals surface area contributed by atoms with E-state index in [0.717, 1.165) is 55.3 Å². The van der Waals surface area contributed by atoms with E-state index in [0.29, 0.717) is 6.54 Å². The summed E-state index contributed by atoms with van der Waals surface area (Å²) in [6, 6.07) is 10.2. The van der Waals surface area contributed by atoms with Crippen LogP contribution in [0.1, 0.15) is 18.6 Å². The predicted molar refractivity (Wildman–Crippen MR) is 121 cm³/mol. The summed E-state index contributed by atoms with van der Waals surface area (Å²) in [5.41, 5.74) is 0.928. The van der Waals surface area contributed by atoms with E-state index in [4.69, 9.17) is 9.15 Å². The molecule has 144 valence electrons. The van der Waals surface area contributed by atoms with Crippen molar-refractivity contribution in [2.24, 2.45) is 4.99 Å². The van der Waals surface area contributed by atoms with Crippen LogP contribution in [0.25, 0.3) is 11.0 Å². The first-order valence-corrected chi connectivity index (χ1v) is 9.90. The maximum absolute atomic E-state index is 5.92. The van der Waals surface area contributed by atoms with E-state index in [9.17, 15) is 0 Å². The van der Waals surface area contributed by atoms with Gasteiger partial charge in [-0.15, -0.1) is 24.0 Å². The molecule has 1 fully saturated rings. The number of para-hydroxylation sites is 1. The lowest BCUT2D eigenvalue weighted by Gasteiger charge is -2.36. The molecule has 1 aliphatic heterocycles. The number of furan rings is 1. The standard InChI is InChI=1S/C19H27N3O2S.HI/c1-20-18(21-14-19(25-3)8-10-23-11-9-19)22(2)13-16-12-15-6-4-5-7-17(15)24-16;/h4-7,12H,8-11,13-14H2,1-3H3,(H,20,21);1H. The van der Waals surface area contributed by atoms with Gasteiger partial charge in [-0.1, -0.05) is 18.2 Å². The Morgan fingerprint density at radius 1 is 1.31 bits per heavy atom. The summed E-state index contributed by atoms with van der Waals surface area (Å²) >= 11 is 1.93. The van der Waals surface area contributed by atoms with Gasteiger partial charge in [-0.3, -0.25) is 4.99 Å². The fourth-order valence-corrected chi connectivity index (χ4v) is 4.04. The number of rotatable bonds is 5. The summed E-state index contributed by atoms with van der Waals surface area (Å²) in [7, 11) is 3.87. The van der Waals surface area contributed by atoms with Crippen molar-refractivity contribution >= 4 is 52.7 Å². The first-order chi connectivity index (χ1) is 12.2. The van der Waals surface area contributed by atoms with E-state index in [1.807, 2.05) is 44.1 Å². The lowest BCUT2D eigenvalue weighted by atomic mass is 9.99. The molecule has 1 N–H and O–H groups in total. The number of nitrogens with one attached hydrogen (secondary N) is 1. The van der Waals surface area contributed by atoms with E-state index in [1.165, 1.54) is 0 Å². The van der Waals surface area contributed by atoms with Crippen molar-refractivity contribution in [3.63, 3.8) is 0 Å². The Balaban J connectivity index is 0.00000243. The van der Waals surface area contributed by atoms with Crippen LogP contribution in [0.4, 0.5) is 0 Å². The predicted octanol–water partition coefficient (Wildman–Crippen LogP) is 3.97. The third kappa shape index (κ3) is 5.07. The summed E-state index contributed by atoms with van der Waals surface area (Å²) < 4.78 is 11.7. The fraction of sp³-hybridized carbons (Fsp3) is 0.526. The van der Waals surface area contributed by atoms with Crippen molar-refractivity contribution in [3.05, 3.63) is 36.1 Å². The highest BCUT2D eigenvalue weighted by atomic mass is 127. The molecule has 0 bridgehead atoms. The Morgan fingerprint density at radius 3 is 2.69 bits per heavy atom. The Hall–Kier alpha value is -0.930. The van der Waals surface area contributed by atoms with Gasteiger partial charge in [0.1, 0.15) is 11.3 Å². The Labute approximate surface area is 177 Å². The molecule has 3 rings (SSSR count). The van der Waals surface area contributed by atoms with E-state index in [1.54, 1.807) is 0 Å². The number of hydrogen-bond donors (Lipinski definition) is 1. The highest BCUT2D eigenvalue weighted by Gasteiger charge is 2.32. The van der Waals surface area contributed by atoms with Crippen molar-refractivity contribution in [2.75, 3.05) is 40.1 Å². The average Bonchev–Trinajstić information content (AvgIpc) is 3.05. The van der Waals surface area contributed by atoms with Gasteiger partial charge < -0.3 is 19.4 Å². The second-order valence-electron chi connectivity index (χ2n) is 6.51. The van der Waals surface area contributed by atoms with Crippen LogP contribution in [0.3, 0.4) is 0 Å². The van der Waals surface area contributed by atoms with Crippen molar-refractivity contribution in [1.82, 2.24) is 10.2 Å². The van der Waals surface area contributed by atoms with E-state index >= 15 is 0 Å². The molecule has 1 aromatic carbocycles. The van der Waals surface area contributed by atoms with Crippen LogP contribution in [0.5, 0.6) is 0 Å². The Bertz CT molecular complexity index is 695. The highest BCUT2D eigenvalue weighted by Crippen LogP contribution is 2.33. The molecule has 2 aromatic rings. The van der Waals surface area contributed by atoms with Gasteiger partial charge in [-0.05, 0) is 31.2 Å². The van der Waals surface area contributed by atoms with Gasteiger partial charge in [0.25, 0.3) is 0 Å². The summed E-state index contributed by atoms with van der Waals surface area (Å²) in [4.78, 5) is 6.54. The number of benzene rings is 1. The van der Waals surface area contributed by atoms with Crippen LogP contribution in [0.15, 0.2) is 39.7 Å². The molecule has 0 spiro atoms. The molecule has 0 saturated carbocycles. The smallest absolute Gasteiger partial charge is 0.193 e. The van der Waals surface area contributed by atoms with Gasteiger partial charge >= 0.3 is 0 Å². The third-order valence-corrected chi connectivity index (χ3v) is 6.27. The first kappa shape index (κ1) is 21.4. The number of aliphatic imine (C=N–C) groups is 1. The van der Waals surface area contributed by atoms with Crippen molar-refractivity contribution < 1.29 is 9.15 Å². The topological polar surface area (TPSA) is 50.0 Å². The van der Waals surface area contributed by atoms with Crippen LogP contribution in [-0.4, -0.2) is 55.7 Å². The van der Waals surface area contributed by atoms with E-state index in [2.05, 4.69) is 33.6 Å². The minimum absolute atomic E-state index is 0. The third-order valence-electron chi connectivity index (χ3n) is 4.85. The molecule has 2 heterocycles. The number of ether oxygens (including phenoxy) is 1. The summed E-state index contributed by atoms with van der Waals surface area (Å²) in [6.07, 6.45) is 4.34. The number of halogens is 1. The number of hydrogen-bond acceptors (Lipinski definition) is 4. The van der Waals surface area contributed by atoms with Crippen molar-refractivity contribution in [2.45, 2.75) is 24.1 Å². The van der Waals surface area contributed by atoms with Gasteiger partial charge in [0.2, 0.25) is 0 Å². The van der Waals surface area contributed by atoms with Gasteiger partial charge in [-0.25, -0.2) is 0 Å². The minimum Gasteiger partial charge on any atom is -0.459 e. The molecular formula is C19H28IN3O2S. The maximum atomic E-state index is 5.92. The lowest BCUT2D eigenvalue weighted by molar-refractivity contribution is 0.0781. The van der Waals surface area contributed by atoms with Crippen LogP contribution < -0.4 is 5.32 Å². The largest absolute Gasteiger partial charge is 0.459 e.